The van der Waals surface area contributed by atoms with Crippen molar-refractivity contribution in [1.29, 1.82) is 0 Å². The first-order valence-electron chi connectivity index (χ1n) is 8.09. The van der Waals surface area contributed by atoms with Crippen LogP contribution in [0.4, 0.5) is 4.39 Å². The number of carbonyl (C=O) groups is 1. The minimum atomic E-state index is -0.525. The number of aromatic amines is 2. The predicted octanol–water partition coefficient (Wildman–Crippen LogP) is 4.46. The molecule has 0 saturated carbocycles. The number of halogens is 1. The fourth-order valence-corrected chi connectivity index (χ4v) is 3.12. The van der Waals surface area contributed by atoms with E-state index < -0.39 is 5.97 Å². The highest BCUT2D eigenvalue weighted by atomic mass is 19.1. The highest BCUT2D eigenvalue weighted by Gasteiger charge is 2.21. The van der Waals surface area contributed by atoms with Crippen LogP contribution >= 0.6 is 0 Å². The van der Waals surface area contributed by atoms with Crippen molar-refractivity contribution in [1.82, 2.24) is 15.0 Å². The number of pyridine rings is 1. The minimum Gasteiger partial charge on any atom is -0.465 e. The molecule has 3 heterocycles. The van der Waals surface area contributed by atoms with Gasteiger partial charge in [0.15, 0.2) is 0 Å². The van der Waals surface area contributed by atoms with E-state index in [9.17, 15) is 9.18 Å². The van der Waals surface area contributed by atoms with Gasteiger partial charge in [0.2, 0.25) is 0 Å². The number of nitrogens with one attached hydrogen (secondary N) is 2. The normalized spacial score (nSPS) is 11.0. The summed E-state index contributed by atoms with van der Waals surface area (Å²) in [4.78, 5) is 22.8. The lowest BCUT2D eigenvalue weighted by molar-refractivity contribution is 0.0602. The van der Waals surface area contributed by atoms with Crippen LogP contribution < -0.4 is 0 Å². The van der Waals surface area contributed by atoms with E-state index in [-0.39, 0.29) is 11.4 Å². The topological polar surface area (TPSA) is 70.8 Å². The van der Waals surface area contributed by atoms with Crippen molar-refractivity contribution >= 4 is 17.0 Å². The Bertz CT molecular complexity index is 1130. The fourth-order valence-electron chi connectivity index (χ4n) is 3.12. The number of methoxy groups -OCH3 is 1. The van der Waals surface area contributed by atoms with Crippen LogP contribution in [-0.2, 0) is 4.74 Å². The number of H-pyrrole nitrogens is 2. The Morgan fingerprint density at radius 3 is 2.85 bits per heavy atom. The van der Waals surface area contributed by atoms with Crippen LogP contribution in [0.25, 0.3) is 33.5 Å². The van der Waals surface area contributed by atoms with Gasteiger partial charge in [-0.2, -0.15) is 0 Å². The lowest BCUT2D eigenvalue weighted by Gasteiger charge is -2.06. The highest BCUT2D eigenvalue weighted by molar-refractivity contribution is 6.00. The first kappa shape index (κ1) is 16.1. The van der Waals surface area contributed by atoms with E-state index >= 15 is 0 Å². The lowest BCUT2D eigenvalue weighted by atomic mass is 10.0. The van der Waals surface area contributed by atoms with E-state index in [0.29, 0.717) is 22.5 Å². The number of nitrogens with zero attached hydrogens (tertiary/aromatic N) is 1. The monoisotopic (exact) mass is 349 g/mol. The van der Waals surface area contributed by atoms with E-state index in [2.05, 4.69) is 15.0 Å². The second-order valence-corrected chi connectivity index (χ2v) is 6.00. The van der Waals surface area contributed by atoms with Crippen molar-refractivity contribution in [3.05, 3.63) is 65.7 Å². The Hall–Kier alpha value is -3.41. The van der Waals surface area contributed by atoms with Crippen LogP contribution in [0.2, 0.25) is 0 Å². The highest BCUT2D eigenvalue weighted by Crippen LogP contribution is 2.34. The van der Waals surface area contributed by atoms with Crippen LogP contribution in [0.5, 0.6) is 0 Å². The molecule has 5 nitrogen and oxygen atoms in total. The molecule has 0 atom stereocenters. The van der Waals surface area contributed by atoms with Crippen molar-refractivity contribution in [2.24, 2.45) is 0 Å². The summed E-state index contributed by atoms with van der Waals surface area (Å²) in [5, 5.41) is 0.904. The van der Waals surface area contributed by atoms with E-state index in [1.54, 1.807) is 43.6 Å². The molecule has 0 unspecified atom stereocenters. The number of esters is 1. The molecular formula is C20H16FN3O2. The smallest absolute Gasteiger partial charge is 0.340 e. The van der Waals surface area contributed by atoms with Gasteiger partial charge in [0.1, 0.15) is 11.5 Å². The van der Waals surface area contributed by atoms with Gasteiger partial charge in [-0.3, -0.25) is 0 Å². The van der Waals surface area contributed by atoms with E-state index in [1.165, 1.54) is 7.11 Å². The van der Waals surface area contributed by atoms with Crippen molar-refractivity contribution in [3.8, 4) is 22.5 Å². The number of carbonyl (C=O) groups excluding carboxylic acids is 1. The molecule has 0 fully saturated rings. The third-order valence-corrected chi connectivity index (χ3v) is 4.43. The van der Waals surface area contributed by atoms with Gasteiger partial charge in [-0.05, 0) is 36.8 Å². The molecule has 0 radical (unpaired) electrons. The summed E-state index contributed by atoms with van der Waals surface area (Å²) >= 11 is 0. The van der Waals surface area contributed by atoms with Crippen LogP contribution in [-0.4, -0.2) is 28.0 Å². The summed E-state index contributed by atoms with van der Waals surface area (Å²) in [7, 11) is 1.31. The zero-order valence-electron chi connectivity index (χ0n) is 14.3. The molecule has 4 rings (SSSR count). The Balaban J connectivity index is 1.97. The SMILES string of the molecule is COC(=O)c1cc(-c2ccnc3[nH]ccc23)[nH]c1-c1cccc(C)c1F. The van der Waals surface area contributed by atoms with Gasteiger partial charge in [0.25, 0.3) is 0 Å². The van der Waals surface area contributed by atoms with Crippen LogP contribution in [0.1, 0.15) is 15.9 Å². The maximum atomic E-state index is 14.7. The molecule has 2 N–H and O–H groups in total. The third-order valence-electron chi connectivity index (χ3n) is 4.43. The zero-order valence-corrected chi connectivity index (χ0v) is 14.3. The third kappa shape index (κ3) is 2.47. The molecule has 0 saturated heterocycles. The molecule has 0 spiro atoms. The van der Waals surface area contributed by atoms with E-state index in [4.69, 9.17) is 4.74 Å². The second-order valence-electron chi connectivity index (χ2n) is 6.00. The molecule has 6 heteroatoms. The summed E-state index contributed by atoms with van der Waals surface area (Å²) in [6.07, 6.45) is 3.48. The van der Waals surface area contributed by atoms with Gasteiger partial charge < -0.3 is 14.7 Å². The maximum absolute atomic E-state index is 14.7. The molecular weight excluding hydrogens is 333 g/mol. The van der Waals surface area contributed by atoms with E-state index in [1.807, 2.05) is 12.1 Å². The Labute approximate surface area is 148 Å². The number of hydrogen-bond donors (Lipinski definition) is 2. The molecule has 0 aliphatic carbocycles. The molecule has 3 aromatic heterocycles. The number of fused-ring (bicyclic) bond motifs is 1. The molecule has 26 heavy (non-hydrogen) atoms. The predicted molar refractivity (Wildman–Crippen MR) is 97.4 cm³/mol. The molecule has 130 valence electrons. The average molecular weight is 349 g/mol. The maximum Gasteiger partial charge on any atom is 0.340 e. The zero-order chi connectivity index (χ0) is 18.3. The summed E-state index contributed by atoms with van der Waals surface area (Å²) < 4.78 is 19.6. The molecule has 0 aliphatic rings. The Morgan fingerprint density at radius 1 is 1.19 bits per heavy atom. The van der Waals surface area contributed by atoms with E-state index in [0.717, 1.165) is 16.6 Å². The number of aryl methyl sites for hydroxylation is 1. The number of hydrogen-bond acceptors (Lipinski definition) is 3. The largest absolute Gasteiger partial charge is 0.465 e. The quantitative estimate of drug-likeness (QED) is 0.537. The fraction of sp³-hybridized carbons (Fsp3) is 0.100. The van der Waals surface area contributed by atoms with Crippen molar-refractivity contribution in [2.75, 3.05) is 7.11 Å². The minimum absolute atomic E-state index is 0.285. The molecule has 0 amide bonds. The number of rotatable bonds is 3. The number of benzene rings is 1. The molecule has 4 aromatic rings. The Morgan fingerprint density at radius 2 is 2.04 bits per heavy atom. The van der Waals surface area contributed by atoms with Gasteiger partial charge in [0.05, 0.1) is 18.4 Å². The summed E-state index contributed by atoms with van der Waals surface area (Å²) in [6, 6.07) is 10.5. The first-order valence-corrected chi connectivity index (χ1v) is 8.09. The van der Waals surface area contributed by atoms with Gasteiger partial charge >= 0.3 is 5.97 Å². The molecule has 1 aromatic carbocycles. The van der Waals surface area contributed by atoms with Crippen molar-refractivity contribution in [3.63, 3.8) is 0 Å². The first-order chi connectivity index (χ1) is 12.6. The average Bonchev–Trinajstić information content (AvgIpc) is 3.30. The van der Waals surface area contributed by atoms with Gasteiger partial charge in [-0.25, -0.2) is 14.2 Å². The number of ether oxygens (including phenoxy) is 1. The summed E-state index contributed by atoms with van der Waals surface area (Å²) in [5.41, 5.74) is 3.80. The summed E-state index contributed by atoms with van der Waals surface area (Å²) in [6.45, 7) is 1.69. The summed E-state index contributed by atoms with van der Waals surface area (Å²) in [5.74, 6) is -0.893. The van der Waals surface area contributed by atoms with Crippen LogP contribution in [0.3, 0.4) is 0 Å². The van der Waals surface area contributed by atoms with Crippen molar-refractivity contribution in [2.45, 2.75) is 6.92 Å². The molecule has 0 aliphatic heterocycles. The number of aromatic nitrogens is 3. The van der Waals surface area contributed by atoms with Gasteiger partial charge in [0, 0.05) is 34.6 Å². The van der Waals surface area contributed by atoms with Crippen molar-refractivity contribution < 1.29 is 13.9 Å². The lowest BCUT2D eigenvalue weighted by Crippen LogP contribution is -2.02. The van der Waals surface area contributed by atoms with Gasteiger partial charge in [-0.1, -0.05) is 12.1 Å². The van der Waals surface area contributed by atoms with Crippen LogP contribution in [0.15, 0.2) is 48.8 Å². The van der Waals surface area contributed by atoms with Gasteiger partial charge in [-0.15, -0.1) is 0 Å². The molecule has 0 bridgehead atoms. The standard InChI is InChI=1S/C20H16FN3O2/c1-11-4-3-5-14(17(11)21)18-15(20(25)26-2)10-16(24-18)12-6-8-22-19-13(12)7-9-23-19/h3-10,24H,1-2H3,(H,22,23). The Kier molecular flexibility index (Phi) is 3.80. The van der Waals surface area contributed by atoms with Crippen LogP contribution in [0, 0.1) is 12.7 Å². The second kappa shape index (κ2) is 6.15.